The molecule has 8 heteroatoms. The van der Waals surface area contributed by atoms with E-state index in [1.165, 1.54) is 30.1 Å². The Hall–Kier alpha value is -2.15. The van der Waals surface area contributed by atoms with Crippen LogP contribution in [0.5, 0.6) is 0 Å². The minimum absolute atomic E-state index is 0.0183. The van der Waals surface area contributed by atoms with Gasteiger partial charge in [0.2, 0.25) is 0 Å². The maximum absolute atomic E-state index is 12.2. The fourth-order valence-electron chi connectivity index (χ4n) is 1.64. The smallest absolute Gasteiger partial charge is 0.307 e. The first-order valence-electron chi connectivity index (χ1n) is 6.21. The minimum atomic E-state index is -0.650. The largest absolute Gasteiger partial charge is 0.466 e. The first kappa shape index (κ1) is 16.9. The van der Waals surface area contributed by atoms with Crippen molar-refractivity contribution in [1.29, 1.82) is 0 Å². The first-order chi connectivity index (χ1) is 9.86. The number of amides is 1. The SMILES string of the molecule is CCOC(=O)CCN(C)C(=O)c1cc(Cl)ccc1[N+](=O)[O-]. The Morgan fingerprint density at radius 3 is 2.67 bits per heavy atom. The monoisotopic (exact) mass is 314 g/mol. The predicted molar refractivity (Wildman–Crippen MR) is 76.3 cm³/mol. The second kappa shape index (κ2) is 7.58. The number of ether oxygens (including phenoxy) is 1. The number of carbonyl (C=O) groups is 2. The van der Waals surface area contributed by atoms with Gasteiger partial charge in [-0.2, -0.15) is 0 Å². The molecule has 0 aliphatic carbocycles. The van der Waals surface area contributed by atoms with Crippen molar-refractivity contribution in [2.45, 2.75) is 13.3 Å². The van der Waals surface area contributed by atoms with Crippen LogP contribution in [0, 0.1) is 10.1 Å². The van der Waals surface area contributed by atoms with Crippen LogP contribution in [0.2, 0.25) is 5.02 Å². The lowest BCUT2D eigenvalue weighted by molar-refractivity contribution is -0.385. The Balaban J connectivity index is 2.85. The van der Waals surface area contributed by atoms with Crippen LogP contribution in [-0.4, -0.2) is 41.9 Å². The maximum Gasteiger partial charge on any atom is 0.307 e. The molecule has 0 N–H and O–H groups in total. The zero-order chi connectivity index (χ0) is 16.0. The molecule has 0 unspecified atom stereocenters. The number of benzene rings is 1. The van der Waals surface area contributed by atoms with Gasteiger partial charge in [-0.1, -0.05) is 11.6 Å². The average molecular weight is 315 g/mol. The number of nitro benzene ring substituents is 1. The normalized spacial score (nSPS) is 10.0. The molecule has 21 heavy (non-hydrogen) atoms. The van der Waals surface area contributed by atoms with Crippen LogP contribution in [0.3, 0.4) is 0 Å². The van der Waals surface area contributed by atoms with Crippen molar-refractivity contribution in [3.8, 4) is 0 Å². The third-order valence-electron chi connectivity index (χ3n) is 2.69. The van der Waals surface area contributed by atoms with Crippen LogP contribution in [0.25, 0.3) is 0 Å². The number of rotatable bonds is 6. The van der Waals surface area contributed by atoms with Crippen molar-refractivity contribution in [3.05, 3.63) is 38.9 Å². The van der Waals surface area contributed by atoms with Gasteiger partial charge in [-0.25, -0.2) is 0 Å². The van der Waals surface area contributed by atoms with Gasteiger partial charge in [0.05, 0.1) is 18.0 Å². The van der Waals surface area contributed by atoms with Crippen LogP contribution < -0.4 is 0 Å². The molecule has 7 nitrogen and oxygen atoms in total. The van der Waals surface area contributed by atoms with E-state index >= 15 is 0 Å². The van der Waals surface area contributed by atoms with Gasteiger partial charge in [-0.05, 0) is 19.1 Å². The summed E-state index contributed by atoms with van der Waals surface area (Å²) >= 11 is 5.77. The second-order valence-electron chi connectivity index (χ2n) is 4.20. The van der Waals surface area contributed by atoms with E-state index in [9.17, 15) is 19.7 Å². The van der Waals surface area contributed by atoms with E-state index in [-0.39, 0.29) is 35.8 Å². The van der Waals surface area contributed by atoms with Gasteiger partial charge < -0.3 is 9.64 Å². The Morgan fingerprint density at radius 1 is 1.43 bits per heavy atom. The zero-order valence-corrected chi connectivity index (χ0v) is 12.4. The Labute approximate surface area is 126 Å². The molecule has 0 spiro atoms. The number of halogens is 1. The third kappa shape index (κ3) is 4.71. The van der Waals surface area contributed by atoms with E-state index in [0.717, 1.165) is 0 Å². The molecule has 0 aliphatic heterocycles. The highest BCUT2D eigenvalue weighted by molar-refractivity contribution is 6.31. The number of hydrogen-bond acceptors (Lipinski definition) is 5. The molecule has 114 valence electrons. The summed E-state index contributed by atoms with van der Waals surface area (Å²) in [6.07, 6.45) is 0.0183. The summed E-state index contributed by atoms with van der Waals surface area (Å²) in [5.74, 6) is -1.01. The van der Waals surface area contributed by atoms with Gasteiger partial charge >= 0.3 is 5.97 Å². The van der Waals surface area contributed by atoms with Crippen molar-refractivity contribution in [2.24, 2.45) is 0 Å². The topological polar surface area (TPSA) is 89.8 Å². The zero-order valence-electron chi connectivity index (χ0n) is 11.7. The summed E-state index contributed by atoms with van der Waals surface area (Å²) in [7, 11) is 1.45. The number of nitro groups is 1. The molecule has 0 saturated heterocycles. The van der Waals surface area contributed by atoms with E-state index in [1.807, 2.05) is 0 Å². The first-order valence-corrected chi connectivity index (χ1v) is 6.59. The minimum Gasteiger partial charge on any atom is -0.466 e. The number of esters is 1. The molecular formula is C13H15ClN2O5. The number of nitrogens with zero attached hydrogens (tertiary/aromatic N) is 2. The van der Waals surface area contributed by atoms with Crippen molar-refractivity contribution in [1.82, 2.24) is 4.90 Å². The Kier molecular flexibility index (Phi) is 6.10. The molecule has 0 saturated carbocycles. The summed E-state index contributed by atoms with van der Waals surface area (Å²) in [6, 6.07) is 3.76. The average Bonchev–Trinajstić information content (AvgIpc) is 2.43. The van der Waals surface area contributed by atoms with Crippen LogP contribution in [0.1, 0.15) is 23.7 Å². The molecule has 0 aliphatic rings. The molecular weight excluding hydrogens is 300 g/mol. The van der Waals surface area contributed by atoms with Crippen LogP contribution in [0.15, 0.2) is 18.2 Å². The molecule has 0 heterocycles. The van der Waals surface area contributed by atoms with E-state index in [2.05, 4.69) is 0 Å². The van der Waals surface area contributed by atoms with Gasteiger partial charge in [-0.3, -0.25) is 19.7 Å². The molecule has 1 amide bonds. The molecule has 0 fully saturated rings. The van der Waals surface area contributed by atoms with Crippen LogP contribution in [0.4, 0.5) is 5.69 Å². The standard InChI is InChI=1S/C13H15ClN2O5/c1-3-21-12(17)6-7-15(2)13(18)10-8-9(14)4-5-11(10)16(19)20/h4-5,8H,3,6-7H2,1-2H3. The van der Waals surface area contributed by atoms with E-state index in [4.69, 9.17) is 16.3 Å². The third-order valence-corrected chi connectivity index (χ3v) is 2.92. The van der Waals surface area contributed by atoms with Gasteiger partial charge in [0, 0.05) is 24.7 Å². The fourth-order valence-corrected chi connectivity index (χ4v) is 1.81. The summed E-state index contributed by atoms with van der Waals surface area (Å²) in [6.45, 7) is 2.04. The number of hydrogen-bond donors (Lipinski definition) is 0. The lowest BCUT2D eigenvalue weighted by Crippen LogP contribution is -2.30. The predicted octanol–water partition coefficient (Wildman–Crippen LogP) is 2.27. The lowest BCUT2D eigenvalue weighted by Gasteiger charge is -2.16. The highest BCUT2D eigenvalue weighted by atomic mass is 35.5. The summed E-state index contributed by atoms with van der Waals surface area (Å²) < 4.78 is 4.75. The van der Waals surface area contributed by atoms with Crippen molar-refractivity contribution in [2.75, 3.05) is 20.2 Å². The summed E-state index contributed by atoms with van der Waals surface area (Å²) in [5.41, 5.74) is -0.439. The van der Waals surface area contributed by atoms with Gasteiger partial charge in [0.25, 0.3) is 11.6 Å². The van der Waals surface area contributed by atoms with Gasteiger partial charge in [-0.15, -0.1) is 0 Å². The molecule has 1 rings (SSSR count). The molecule has 0 aromatic heterocycles. The fraction of sp³-hybridized carbons (Fsp3) is 0.385. The van der Waals surface area contributed by atoms with E-state index in [1.54, 1.807) is 6.92 Å². The highest BCUT2D eigenvalue weighted by Crippen LogP contribution is 2.23. The van der Waals surface area contributed by atoms with E-state index in [0.29, 0.717) is 0 Å². The molecule has 0 atom stereocenters. The molecule has 1 aromatic rings. The molecule has 0 radical (unpaired) electrons. The van der Waals surface area contributed by atoms with Crippen molar-refractivity contribution in [3.63, 3.8) is 0 Å². The number of carbonyl (C=O) groups excluding carboxylic acids is 2. The quantitative estimate of drug-likeness (QED) is 0.456. The lowest BCUT2D eigenvalue weighted by atomic mass is 10.1. The van der Waals surface area contributed by atoms with Crippen molar-refractivity contribution < 1.29 is 19.2 Å². The molecule has 0 bridgehead atoms. The highest BCUT2D eigenvalue weighted by Gasteiger charge is 2.23. The van der Waals surface area contributed by atoms with Gasteiger partial charge in [0.1, 0.15) is 5.56 Å². The van der Waals surface area contributed by atoms with Gasteiger partial charge in [0.15, 0.2) is 0 Å². The maximum atomic E-state index is 12.2. The van der Waals surface area contributed by atoms with E-state index < -0.39 is 16.8 Å². The second-order valence-corrected chi connectivity index (χ2v) is 4.64. The summed E-state index contributed by atoms with van der Waals surface area (Å²) in [4.78, 5) is 34.9. The van der Waals surface area contributed by atoms with Crippen LogP contribution >= 0.6 is 11.6 Å². The van der Waals surface area contributed by atoms with Crippen molar-refractivity contribution >= 4 is 29.2 Å². The Bertz CT molecular complexity index is 561. The molecule has 1 aromatic carbocycles. The van der Waals surface area contributed by atoms with Crippen LogP contribution in [-0.2, 0) is 9.53 Å². The summed E-state index contributed by atoms with van der Waals surface area (Å²) in [5, 5.41) is 11.2. The Morgan fingerprint density at radius 2 is 2.10 bits per heavy atom.